The summed E-state index contributed by atoms with van der Waals surface area (Å²) < 4.78 is 1.75. The Bertz CT molecular complexity index is 1110. The molecule has 0 aliphatic carbocycles. The third-order valence-electron chi connectivity index (χ3n) is 5.96. The number of fused-ring (bicyclic) bond motifs is 1. The zero-order chi connectivity index (χ0) is 22.0. The number of nitrogens with zero attached hydrogens (tertiary/aromatic N) is 4. The van der Waals surface area contributed by atoms with E-state index < -0.39 is 6.04 Å². The Morgan fingerprint density at radius 3 is 2.74 bits per heavy atom. The van der Waals surface area contributed by atoms with E-state index in [1.54, 1.807) is 16.6 Å². The molecule has 2 aromatic carbocycles. The molecule has 1 saturated heterocycles. The fraction of sp³-hybridized carbons (Fsp3) is 0.375. The average molecular weight is 420 g/mol. The zero-order valence-electron chi connectivity index (χ0n) is 18.3. The van der Waals surface area contributed by atoms with Crippen LogP contribution in [0.3, 0.4) is 0 Å². The van der Waals surface area contributed by atoms with Gasteiger partial charge in [0.25, 0.3) is 0 Å². The topological polar surface area (TPSA) is 70.5 Å². The van der Waals surface area contributed by atoms with Crippen molar-refractivity contribution < 1.29 is 9.59 Å². The van der Waals surface area contributed by atoms with Crippen LogP contribution in [0.1, 0.15) is 23.2 Å². The predicted octanol–water partition coefficient (Wildman–Crippen LogP) is 2.23. The van der Waals surface area contributed by atoms with E-state index in [0.717, 1.165) is 23.4 Å². The number of rotatable bonds is 6. The third-order valence-corrected chi connectivity index (χ3v) is 5.96. The van der Waals surface area contributed by atoms with Crippen molar-refractivity contribution in [2.24, 2.45) is 7.05 Å². The largest absolute Gasteiger partial charge is 0.353 e. The Labute approximate surface area is 182 Å². The number of benzene rings is 2. The Kier molecular flexibility index (Phi) is 6.04. The minimum absolute atomic E-state index is 0.0474. The molecule has 1 fully saturated rings. The molecule has 1 unspecified atom stereocenters. The molecular weight excluding hydrogens is 390 g/mol. The Balaban J connectivity index is 1.45. The molecule has 31 heavy (non-hydrogen) atoms. The molecule has 0 saturated carbocycles. The number of hydrogen-bond acceptors (Lipinski definition) is 4. The summed E-state index contributed by atoms with van der Waals surface area (Å²) in [5, 5.41) is 9.63. The molecule has 1 aliphatic rings. The Hall–Kier alpha value is -3.19. The van der Waals surface area contributed by atoms with Crippen LogP contribution in [0.4, 0.5) is 0 Å². The first-order valence-electron chi connectivity index (χ1n) is 10.6. The summed E-state index contributed by atoms with van der Waals surface area (Å²) in [5.41, 5.74) is 3.07. The van der Waals surface area contributed by atoms with Crippen molar-refractivity contribution in [1.29, 1.82) is 0 Å². The lowest BCUT2D eigenvalue weighted by Crippen LogP contribution is -2.56. The summed E-state index contributed by atoms with van der Waals surface area (Å²) in [5.74, 6) is -0.125. The molecule has 4 rings (SSSR count). The van der Waals surface area contributed by atoms with Crippen LogP contribution < -0.4 is 5.32 Å². The highest BCUT2D eigenvalue weighted by Crippen LogP contribution is 2.20. The smallest absolute Gasteiger partial charge is 0.237 e. The van der Waals surface area contributed by atoms with Gasteiger partial charge in [0.2, 0.25) is 11.8 Å². The SMILES string of the molecule is Cc1nn(C)cc1CN(C)C(=O)CC1C(=O)NCCN1Cc1ccc2ccccc2c1. The lowest BCUT2D eigenvalue weighted by Gasteiger charge is -2.35. The average Bonchev–Trinajstić information content (AvgIpc) is 3.06. The number of aryl methyl sites for hydroxylation is 2. The lowest BCUT2D eigenvalue weighted by molar-refractivity contribution is -0.138. The zero-order valence-corrected chi connectivity index (χ0v) is 18.3. The van der Waals surface area contributed by atoms with Crippen molar-refractivity contribution >= 4 is 22.6 Å². The summed E-state index contributed by atoms with van der Waals surface area (Å²) >= 11 is 0. The molecule has 1 aromatic heterocycles. The number of hydrogen-bond donors (Lipinski definition) is 1. The maximum atomic E-state index is 12.9. The summed E-state index contributed by atoms with van der Waals surface area (Å²) in [6, 6.07) is 14.2. The lowest BCUT2D eigenvalue weighted by atomic mass is 10.0. The van der Waals surface area contributed by atoms with E-state index in [1.165, 1.54) is 10.8 Å². The van der Waals surface area contributed by atoms with E-state index in [9.17, 15) is 9.59 Å². The summed E-state index contributed by atoms with van der Waals surface area (Å²) in [6.45, 7) is 4.39. The van der Waals surface area contributed by atoms with Gasteiger partial charge in [-0.25, -0.2) is 0 Å². The first-order chi connectivity index (χ1) is 14.9. The number of carbonyl (C=O) groups excluding carboxylic acids is 2. The van der Waals surface area contributed by atoms with Crippen molar-refractivity contribution in [2.45, 2.75) is 32.5 Å². The number of amides is 2. The molecule has 1 aliphatic heterocycles. The van der Waals surface area contributed by atoms with Gasteiger partial charge in [-0.2, -0.15) is 5.10 Å². The second-order valence-electron chi connectivity index (χ2n) is 8.33. The molecule has 7 nitrogen and oxygen atoms in total. The minimum Gasteiger partial charge on any atom is -0.353 e. The van der Waals surface area contributed by atoms with Gasteiger partial charge in [0.1, 0.15) is 0 Å². The van der Waals surface area contributed by atoms with Crippen LogP contribution in [0, 0.1) is 6.92 Å². The van der Waals surface area contributed by atoms with Crippen LogP contribution in [-0.4, -0.2) is 57.6 Å². The highest BCUT2D eigenvalue weighted by molar-refractivity contribution is 5.89. The predicted molar refractivity (Wildman–Crippen MR) is 120 cm³/mol. The van der Waals surface area contributed by atoms with Crippen molar-refractivity contribution in [3.8, 4) is 0 Å². The highest BCUT2D eigenvalue weighted by atomic mass is 16.2. The van der Waals surface area contributed by atoms with Gasteiger partial charge in [-0.1, -0.05) is 36.4 Å². The van der Waals surface area contributed by atoms with Gasteiger partial charge < -0.3 is 10.2 Å². The molecule has 3 aromatic rings. The first kappa shape index (κ1) is 21.1. The van der Waals surface area contributed by atoms with Crippen LogP contribution >= 0.6 is 0 Å². The van der Waals surface area contributed by atoms with Gasteiger partial charge in [-0.3, -0.25) is 19.2 Å². The van der Waals surface area contributed by atoms with Gasteiger partial charge in [0.05, 0.1) is 18.2 Å². The standard InChI is InChI=1S/C24H29N5O2/c1-17-21(16-28(3)26-17)15-27(2)23(30)13-22-24(31)25-10-11-29(22)14-18-8-9-19-6-4-5-7-20(19)12-18/h4-9,12,16,22H,10-11,13-15H2,1-3H3,(H,25,31). The van der Waals surface area contributed by atoms with E-state index in [0.29, 0.717) is 19.6 Å². The van der Waals surface area contributed by atoms with E-state index in [4.69, 9.17) is 0 Å². The van der Waals surface area contributed by atoms with Gasteiger partial charge in [0.15, 0.2) is 0 Å². The monoisotopic (exact) mass is 419 g/mol. The number of nitrogens with one attached hydrogen (secondary N) is 1. The van der Waals surface area contributed by atoms with Gasteiger partial charge in [-0.05, 0) is 29.3 Å². The van der Waals surface area contributed by atoms with Gasteiger partial charge in [-0.15, -0.1) is 0 Å². The first-order valence-corrected chi connectivity index (χ1v) is 10.6. The fourth-order valence-electron chi connectivity index (χ4n) is 4.21. The van der Waals surface area contributed by atoms with Crippen molar-refractivity contribution in [1.82, 2.24) is 24.9 Å². The number of aromatic nitrogens is 2. The molecular formula is C24H29N5O2. The van der Waals surface area contributed by atoms with E-state index >= 15 is 0 Å². The van der Waals surface area contributed by atoms with Gasteiger partial charge >= 0.3 is 0 Å². The summed E-state index contributed by atoms with van der Waals surface area (Å²) in [6.07, 6.45) is 2.09. The Morgan fingerprint density at radius 2 is 2.00 bits per heavy atom. The van der Waals surface area contributed by atoms with E-state index in [2.05, 4.69) is 45.6 Å². The second-order valence-corrected chi connectivity index (χ2v) is 8.33. The Morgan fingerprint density at radius 1 is 1.23 bits per heavy atom. The molecule has 0 radical (unpaired) electrons. The highest BCUT2D eigenvalue weighted by Gasteiger charge is 2.32. The molecule has 2 amide bonds. The van der Waals surface area contributed by atoms with Crippen LogP contribution in [-0.2, 0) is 29.7 Å². The second kappa shape index (κ2) is 8.89. The molecule has 7 heteroatoms. The molecule has 0 bridgehead atoms. The van der Waals surface area contributed by atoms with Crippen molar-refractivity contribution in [3.05, 3.63) is 65.5 Å². The van der Waals surface area contributed by atoms with E-state index in [1.807, 2.05) is 32.3 Å². The van der Waals surface area contributed by atoms with Crippen LogP contribution in [0.15, 0.2) is 48.7 Å². The van der Waals surface area contributed by atoms with E-state index in [-0.39, 0.29) is 18.2 Å². The number of piperazine rings is 1. The maximum absolute atomic E-state index is 12.9. The van der Waals surface area contributed by atoms with Crippen LogP contribution in [0.5, 0.6) is 0 Å². The minimum atomic E-state index is -0.467. The normalized spacial score (nSPS) is 17.0. The molecule has 2 heterocycles. The van der Waals surface area contributed by atoms with Crippen molar-refractivity contribution in [3.63, 3.8) is 0 Å². The van der Waals surface area contributed by atoms with Crippen LogP contribution in [0.2, 0.25) is 0 Å². The molecule has 162 valence electrons. The van der Waals surface area contributed by atoms with Gasteiger partial charge in [0, 0.05) is 52.0 Å². The van der Waals surface area contributed by atoms with Crippen molar-refractivity contribution in [2.75, 3.05) is 20.1 Å². The summed E-state index contributed by atoms with van der Waals surface area (Å²) in [7, 11) is 3.65. The molecule has 0 spiro atoms. The maximum Gasteiger partial charge on any atom is 0.237 e. The molecule has 1 atom stereocenters. The van der Waals surface area contributed by atoms with Crippen LogP contribution in [0.25, 0.3) is 10.8 Å². The molecule has 1 N–H and O–H groups in total. The third kappa shape index (κ3) is 4.77. The summed E-state index contributed by atoms with van der Waals surface area (Å²) in [4.78, 5) is 29.4. The number of carbonyl (C=O) groups is 2. The fourth-order valence-corrected chi connectivity index (χ4v) is 4.21. The quantitative estimate of drug-likeness (QED) is 0.665.